The third kappa shape index (κ3) is 6.67. The van der Waals surface area contributed by atoms with E-state index in [2.05, 4.69) is 58.6 Å². The average Bonchev–Trinajstić information content (AvgIpc) is 3.12. The van der Waals surface area contributed by atoms with Crippen molar-refractivity contribution in [1.29, 1.82) is 0 Å². The molecule has 0 fully saturated rings. The number of nitrogens with one attached hydrogen (secondary N) is 1. The molecule has 1 aliphatic heterocycles. The van der Waals surface area contributed by atoms with Crippen molar-refractivity contribution in [1.82, 2.24) is 10.3 Å². The molecule has 168 valence electrons. The summed E-state index contributed by atoms with van der Waals surface area (Å²) in [5, 5.41) is 3.28. The number of pyridine rings is 1. The Labute approximate surface area is 192 Å². The van der Waals surface area contributed by atoms with E-state index in [1.54, 1.807) is 6.20 Å². The highest BCUT2D eigenvalue weighted by atomic mass is 32.1. The van der Waals surface area contributed by atoms with Crippen LogP contribution in [0.15, 0.2) is 49.2 Å². The molecular weight excluding hydrogens is 404 g/mol. The van der Waals surface area contributed by atoms with Gasteiger partial charge in [0.15, 0.2) is 11.5 Å². The average molecular weight is 441 g/mol. The summed E-state index contributed by atoms with van der Waals surface area (Å²) in [6.07, 6.45) is 4.54. The van der Waals surface area contributed by atoms with E-state index in [-0.39, 0.29) is 22.4 Å². The van der Waals surface area contributed by atoms with Crippen molar-refractivity contribution in [2.24, 2.45) is 10.8 Å². The monoisotopic (exact) mass is 440 g/mol. The smallest absolute Gasteiger partial charge is 0.231 e. The molecule has 1 aliphatic rings. The molecule has 0 radical (unpaired) electrons. The first-order valence-electron chi connectivity index (χ1n) is 10.9. The highest BCUT2D eigenvalue weighted by molar-refractivity contribution is 7.81. The fourth-order valence-electron chi connectivity index (χ4n) is 4.61. The molecular formula is C26H36N2O2S. The number of ether oxygens (including phenoxy) is 2. The van der Waals surface area contributed by atoms with Crippen LogP contribution in [0.2, 0.25) is 0 Å². The molecule has 0 bridgehead atoms. The Hall–Kier alpha value is -2.14. The van der Waals surface area contributed by atoms with Gasteiger partial charge in [-0.05, 0) is 60.2 Å². The molecule has 1 N–H and O–H groups in total. The number of nitrogens with zero attached hydrogens (tertiary/aromatic N) is 1. The van der Waals surface area contributed by atoms with Crippen LogP contribution in [0, 0.1) is 10.8 Å². The van der Waals surface area contributed by atoms with Crippen molar-refractivity contribution in [2.75, 3.05) is 13.3 Å². The molecule has 0 spiro atoms. The van der Waals surface area contributed by atoms with Gasteiger partial charge in [-0.1, -0.05) is 47.3 Å². The first-order valence-corrected chi connectivity index (χ1v) is 11.4. The summed E-state index contributed by atoms with van der Waals surface area (Å²) < 4.78 is 10.8. The van der Waals surface area contributed by atoms with Crippen LogP contribution >= 0.6 is 12.6 Å². The minimum Gasteiger partial charge on any atom is -0.454 e. The molecule has 1 aromatic carbocycles. The van der Waals surface area contributed by atoms with Crippen molar-refractivity contribution in [3.63, 3.8) is 0 Å². The quantitative estimate of drug-likeness (QED) is 0.451. The van der Waals surface area contributed by atoms with Gasteiger partial charge in [-0.2, -0.15) is 12.6 Å². The standard InChI is InChI=1S/C26H36N2O2S/c1-7-27-17-25(5,6)16-26(31,15-24(2,3)4)14-20-9-8-10-21(28-20)19-11-12-22-23(13-19)30-18-29-22/h7-13,27,31H,1,14-18H2,2-6H3. The summed E-state index contributed by atoms with van der Waals surface area (Å²) in [5.74, 6) is 1.56. The van der Waals surface area contributed by atoms with E-state index < -0.39 is 0 Å². The Kier molecular flexibility index (Phi) is 6.95. The van der Waals surface area contributed by atoms with Gasteiger partial charge in [0.2, 0.25) is 6.79 Å². The lowest BCUT2D eigenvalue weighted by molar-refractivity contribution is 0.174. The van der Waals surface area contributed by atoms with Crippen LogP contribution < -0.4 is 14.8 Å². The number of fused-ring (bicyclic) bond motifs is 1. The van der Waals surface area contributed by atoms with Crippen molar-refractivity contribution in [3.05, 3.63) is 54.9 Å². The van der Waals surface area contributed by atoms with Crippen LogP contribution in [0.4, 0.5) is 0 Å². The fourth-order valence-corrected chi connectivity index (χ4v) is 5.67. The van der Waals surface area contributed by atoms with Crippen LogP contribution in [-0.4, -0.2) is 23.1 Å². The van der Waals surface area contributed by atoms with Gasteiger partial charge in [0.1, 0.15) is 0 Å². The zero-order valence-corrected chi connectivity index (χ0v) is 20.4. The van der Waals surface area contributed by atoms with Gasteiger partial charge in [0.25, 0.3) is 0 Å². The number of hydrogen-bond acceptors (Lipinski definition) is 5. The topological polar surface area (TPSA) is 43.4 Å². The van der Waals surface area contributed by atoms with E-state index in [1.165, 1.54) is 0 Å². The minimum absolute atomic E-state index is 0.0795. The first-order chi connectivity index (χ1) is 14.5. The Morgan fingerprint density at radius 3 is 2.52 bits per heavy atom. The van der Waals surface area contributed by atoms with E-state index >= 15 is 0 Å². The molecule has 1 unspecified atom stereocenters. The van der Waals surface area contributed by atoms with Crippen molar-refractivity contribution in [3.8, 4) is 22.8 Å². The Morgan fingerprint density at radius 2 is 1.81 bits per heavy atom. The van der Waals surface area contributed by atoms with Gasteiger partial charge in [0.05, 0.1) is 5.69 Å². The lowest BCUT2D eigenvalue weighted by atomic mass is 9.73. The Morgan fingerprint density at radius 1 is 1.06 bits per heavy atom. The summed E-state index contributed by atoms with van der Waals surface area (Å²) in [4.78, 5) is 5.00. The number of rotatable bonds is 9. The van der Waals surface area contributed by atoms with E-state index in [1.807, 2.05) is 24.3 Å². The third-order valence-electron chi connectivity index (χ3n) is 5.38. The normalized spacial score (nSPS) is 15.4. The highest BCUT2D eigenvalue weighted by Gasteiger charge is 2.37. The molecule has 2 aromatic rings. The lowest BCUT2D eigenvalue weighted by Crippen LogP contribution is -2.39. The third-order valence-corrected chi connectivity index (χ3v) is 5.85. The fraction of sp³-hybridized carbons (Fsp3) is 0.500. The maximum absolute atomic E-state index is 5.54. The number of benzene rings is 1. The molecule has 0 saturated heterocycles. The predicted octanol–water partition coefficient (Wildman–Crippen LogP) is 6.27. The van der Waals surface area contributed by atoms with Crippen LogP contribution in [0.1, 0.15) is 53.2 Å². The molecule has 0 aliphatic carbocycles. The van der Waals surface area contributed by atoms with Gasteiger partial charge in [-0.3, -0.25) is 4.98 Å². The Bertz CT molecular complexity index is 920. The van der Waals surface area contributed by atoms with E-state index in [4.69, 9.17) is 27.1 Å². The summed E-state index contributed by atoms with van der Waals surface area (Å²) in [5.41, 5.74) is 3.27. The lowest BCUT2D eigenvalue weighted by Gasteiger charge is -2.40. The molecule has 4 nitrogen and oxygen atoms in total. The SMILES string of the molecule is C=CNCC(C)(C)CC(S)(Cc1cccc(-c2ccc3c(c2)OCO3)n1)CC(C)(C)C. The van der Waals surface area contributed by atoms with Crippen LogP contribution in [0.5, 0.6) is 11.5 Å². The second-order valence-corrected chi connectivity index (χ2v) is 11.6. The van der Waals surface area contributed by atoms with Gasteiger partial charge in [-0.25, -0.2) is 0 Å². The summed E-state index contributed by atoms with van der Waals surface area (Å²) in [6, 6.07) is 12.2. The van der Waals surface area contributed by atoms with Gasteiger partial charge >= 0.3 is 0 Å². The second-order valence-electron chi connectivity index (χ2n) is 10.6. The molecule has 1 atom stereocenters. The zero-order chi connectivity index (χ0) is 22.7. The van der Waals surface area contributed by atoms with Crippen molar-refractivity contribution in [2.45, 2.75) is 58.6 Å². The van der Waals surface area contributed by atoms with Crippen LogP contribution in [-0.2, 0) is 6.42 Å². The van der Waals surface area contributed by atoms with Gasteiger partial charge in [-0.15, -0.1) is 0 Å². The van der Waals surface area contributed by atoms with E-state index in [0.29, 0.717) is 0 Å². The highest BCUT2D eigenvalue weighted by Crippen LogP contribution is 2.42. The largest absolute Gasteiger partial charge is 0.454 e. The summed E-state index contributed by atoms with van der Waals surface area (Å²) in [7, 11) is 0. The maximum Gasteiger partial charge on any atom is 0.231 e. The molecule has 3 rings (SSSR count). The van der Waals surface area contributed by atoms with E-state index in [9.17, 15) is 0 Å². The number of hydrogen-bond donors (Lipinski definition) is 2. The molecule has 2 heterocycles. The van der Waals surface area contributed by atoms with Gasteiger partial charge in [0, 0.05) is 29.0 Å². The van der Waals surface area contributed by atoms with Crippen LogP contribution in [0.25, 0.3) is 11.3 Å². The Balaban J connectivity index is 1.85. The molecule has 0 amide bonds. The molecule has 0 saturated carbocycles. The number of thiol groups is 1. The second kappa shape index (κ2) is 9.15. The summed E-state index contributed by atoms with van der Waals surface area (Å²) in [6.45, 7) is 16.3. The molecule has 5 heteroatoms. The minimum atomic E-state index is -0.175. The van der Waals surface area contributed by atoms with E-state index in [0.717, 1.165) is 54.3 Å². The van der Waals surface area contributed by atoms with Crippen LogP contribution in [0.3, 0.4) is 0 Å². The first kappa shape index (κ1) is 23.5. The number of aromatic nitrogens is 1. The summed E-state index contributed by atoms with van der Waals surface area (Å²) >= 11 is 5.28. The molecule has 1 aromatic heterocycles. The predicted molar refractivity (Wildman–Crippen MR) is 132 cm³/mol. The van der Waals surface area contributed by atoms with Crippen molar-refractivity contribution < 1.29 is 9.47 Å². The molecule has 31 heavy (non-hydrogen) atoms. The maximum atomic E-state index is 5.54. The van der Waals surface area contributed by atoms with Crippen molar-refractivity contribution >= 4 is 12.6 Å². The van der Waals surface area contributed by atoms with Gasteiger partial charge < -0.3 is 14.8 Å². The zero-order valence-electron chi connectivity index (χ0n) is 19.5.